The number of nitrogens with zero attached hydrogens (tertiary/aromatic N) is 1. The van der Waals surface area contributed by atoms with Crippen molar-refractivity contribution in [1.82, 2.24) is 10.6 Å². The fourth-order valence-electron chi connectivity index (χ4n) is 2.69. The number of aryl methyl sites for hydroxylation is 1. The van der Waals surface area contributed by atoms with Crippen molar-refractivity contribution in [2.24, 2.45) is 4.99 Å². The number of ether oxygens (including phenoxy) is 3. The molecule has 9 heteroatoms. The molecule has 1 atom stereocenters. The van der Waals surface area contributed by atoms with Crippen molar-refractivity contribution in [3.05, 3.63) is 53.6 Å². The van der Waals surface area contributed by atoms with Gasteiger partial charge < -0.3 is 30.0 Å². The van der Waals surface area contributed by atoms with Gasteiger partial charge in [0.2, 0.25) is 0 Å². The molecule has 170 valence electrons. The van der Waals surface area contributed by atoms with Gasteiger partial charge in [0.15, 0.2) is 5.96 Å². The number of nitrogens with one attached hydrogen (secondary N) is 2. The Balaban J connectivity index is 1.96. The smallest absolute Gasteiger partial charge is 0.387 e. The molecule has 2 aromatic rings. The molecule has 1 unspecified atom stereocenters. The van der Waals surface area contributed by atoms with Gasteiger partial charge in [0.25, 0.3) is 0 Å². The predicted octanol–water partition coefficient (Wildman–Crippen LogP) is 3.10. The van der Waals surface area contributed by atoms with Gasteiger partial charge in [-0.2, -0.15) is 8.78 Å². The van der Waals surface area contributed by atoms with Crippen LogP contribution in [0.4, 0.5) is 8.78 Å². The van der Waals surface area contributed by atoms with Crippen LogP contribution in [0.5, 0.6) is 17.2 Å². The van der Waals surface area contributed by atoms with Crippen LogP contribution in [0, 0.1) is 6.92 Å². The first kappa shape index (κ1) is 24.2. The van der Waals surface area contributed by atoms with E-state index in [0.29, 0.717) is 29.6 Å². The van der Waals surface area contributed by atoms with Crippen molar-refractivity contribution in [2.75, 3.05) is 26.8 Å². The van der Waals surface area contributed by atoms with Crippen molar-refractivity contribution in [1.29, 1.82) is 0 Å². The standard InChI is InChI=1S/C22H29F2N3O4/c1-4-25-22(27-13-17(28)14-30-19-7-5-6-15(2)10-19)26-12-16-11-18(29-3)8-9-20(16)31-21(23)24/h5-11,17,21,28H,4,12-14H2,1-3H3,(H2,25,26,27). The number of hydrogen-bond donors (Lipinski definition) is 3. The van der Waals surface area contributed by atoms with Crippen molar-refractivity contribution in [2.45, 2.75) is 33.1 Å². The summed E-state index contributed by atoms with van der Waals surface area (Å²) in [6.45, 7) is 1.88. The molecular weight excluding hydrogens is 408 g/mol. The number of guanidine groups is 1. The molecule has 0 amide bonds. The lowest BCUT2D eigenvalue weighted by atomic mass is 10.2. The van der Waals surface area contributed by atoms with E-state index in [4.69, 9.17) is 9.47 Å². The third-order valence-electron chi connectivity index (χ3n) is 4.17. The molecule has 2 aromatic carbocycles. The molecule has 0 heterocycles. The zero-order valence-electron chi connectivity index (χ0n) is 17.9. The molecule has 0 aliphatic carbocycles. The maximum Gasteiger partial charge on any atom is 0.387 e. The van der Waals surface area contributed by atoms with Gasteiger partial charge in [-0.1, -0.05) is 12.1 Å². The van der Waals surface area contributed by atoms with Crippen LogP contribution in [-0.4, -0.2) is 50.6 Å². The fourth-order valence-corrected chi connectivity index (χ4v) is 2.69. The summed E-state index contributed by atoms with van der Waals surface area (Å²) in [5.74, 6) is 1.64. The van der Waals surface area contributed by atoms with E-state index < -0.39 is 12.7 Å². The first-order valence-corrected chi connectivity index (χ1v) is 9.92. The zero-order valence-corrected chi connectivity index (χ0v) is 17.9. The van der Waals surface area contributed by atoms with Gasteiger partial charge in [-0.15, -0.1) is 0 Å². The molecule has 0 aliphatic heterocycles. The van der Waals surface area contributed by atoms with Crippen molar-refractivity contribution >= 4 is 5.96 Å². The van der Waals surface area contributed by atoms with E-state index in [1.165, 1.54) is 13.2 Å². The molecule has 31 heavy (non-hydrogen) atoms. The van der Waals surface area contributed by atoms with Crippen molar-refractivity contribution in [3.63, 3.8) is 0 Å². The van der Waals surface area contributed by atoms with Gasteiger partial charge >= 0.3 is 6.61 Å². The molecular formula is C22H29F2N3O4. The van der Waals surface area contributed by atoms with Crippen LogP contribution in [0.1, 0.15) is 18.1 Å². The molecule has 0 saturated carbocycles. The van der Waals surface area contributed by atoms with E-state index >= 15 is 0 Å². The minimum Gasteiger partial charge on any atom is -0.497 e. The van der Waals surface area contributed by atoms with Gasteiger partial charge in [0, 0.05) is 18.7 Å². The third-order valence-corrected chi connectivity index (χ3v) is 4.17. The average Bonchev–Trinajstić information content (AvgIpc) is 2.74. The second kappa shape index (κ2) is 12.6. The largest absolute Gasteiger partial charge is 0.497 e. The summed E-state index contributed by atoms with van der Waals surface area (Å²) in [6.07, 6.45) is -0.779. The van der Waals surface area contributed by atoms with E-state index in [1.807, 2.05) is 38.1 Å². The summed E-state index contributed by atoms with van der Waals surface area (Å²) in [6, 6.07) is 12.1. The molecule has 0 aromatic heterocycles. The second-order valence-electron chi connectivity index (χ2n) is 6.71. The molecule has 0 spiro atoms. The summed E-state index contributed by atoms with van der Waals surface area (Å²) < 4.78 is 40.7. The van der Waals surface area contributed by atoms with Crippen LogP contribution in [0.3, 0.4) is 0 Å². The minimum absolute atomic E-state index is 0.0296. The van der Waals surface area contributed by atoms with E-state index in [1.54, 1.807) is 12.1 Å². The summed E-state index contributed by atoms with van der Waals surface area (Å²) in [7, 11) is 1.49. The van der Waals surface area contributed by atoms with Crippen LogP contribution in [0.2, 0.25) is 0 Å². The number of hydrogen-bond acceptors (Lipinski definition) is 5. The Hall–Kier alpha value is -3.07. The molecule has 0 fully saturated rings. The van der Waals surface area contributed by atoms with E-state index in [0.717, 1.165) is 5.56 Å². The maximum atomic E-state index is 12.7. The van der Waals surface area contributed by atoms with Gasteiger partial charge in [0.1, 0.15) is 30.0 Å². The summed E-state index contributed by atoms with van der Waals surface area (Å²) in [4.78, 5) is 4.39. The minimum atomic E-state index is -2.94. The number of rotatable bonds is 11. The lowest BCUT2D eigenvalue weighted by Gasteiger charge is -2.16. The van der Waals surface area contributed by atoms with Crippen molar-refractivity contribution in [3.8, 4) is 17.2 Å². The van der Waals surface area contributed by atoms with Gasteiger partial charge in [-0.05, 0) is 49.7 Å². The Bertz CT molecular complexity index is 849. The van der Waals surface area contributed by atoms with E-state index in [9.17, 15) is 13.9 Å². The highest BCUT2D eigenvalue weighted by Gasteiger charge is 2.12. The van der Waals surface area contributed by atoms with Crippen LogP contribution < -0.4 is 24.8 Å². The lowest BCUT2D eigenvalue weighted by Crippen LogP contribution is -2.42. The Morgan fingerprint density at radius 3 is 2.61 bits per heavy atom. The maximum absolute atomic E-state index is 12.7. The zero-order chi connectivity index (χ0) is 22.6. The Morgan fingerprint density at radius 1 is 1.13 bits per heavy atom. The van der Waals surface area contributed by atoms with Gasteiger partial charge in [0.05, 0.1) is 13.7 Å². The number of methoxy groups -OCH3 is 1. The first-order chi connectivity index (χ1) is 14.9. The molecule has 0 radical (unpaired) electrons. The second-order valence-corrected chi connectivity index (χ2v) is 6.71. The highest BCUT2D eigenvalue weighted by atomic mass is 19.3. The number of halogens is 2. The van der Waals surface area contributed by atoms with Gasteiger partial charge in [-0.3, -0.25) is 0 Å². The molecule has 0 aliphatic rings. The lowest BCUT2D eigenvalue weighted by molar-refractivity contribution is -0.0504. The predicted molar refractivity (Wildman–Crippen MR) is 115 cm³/mol. The molecule has 2 rings (SSSR count). The Kier molecular flexibility index (Phi) is 9.83. The molecule has 7 nitrogen and oxygen atoms in total. The topological polar surface area (TPSA) is 84.3 Å². The van der Waals surface area contributed by atoms with Gasteiger partial charge in [-0.25, -0.2) is 4.99 Å². The fraction of sp³-hybridized carbons (Fsp3) is 0.409. The number of alkyl halides is 2. The van der Waals surface area contributed by atoms with E-state index in [2.05, 4.69) is 20.4 Å². The van der Waals surface area contributed by atoms with Crippen molar-refractivity contribution < 1.29 is 28.1 Å². The van der Waals surface area contributed by atoms with Crippen LogP contribution in [0.25, 0.3) is 0 Å². The normalized spacial score (nSPS) is 12.4. The Morgan fingerprint density at radius 2 is 1.94 bits per heavy atom. The monoisotopic (exact) mass is 437 g/mol. The first-order valence-electron chi connectivity index (χ1n) is 9.92. The summed E-state index contributed by atoms with van der Waals surface area (Å²) >= 11 is 0. The average molecular weight is 437 g/mol. The summed E-state index contributed by atoms with van der Waals surface area (Å²) in [5.41, 5.74) is 1.51. The summed E-state index contributed by atoms with van der Waals surface area (Å²) in [5, 5.41) is 16.3. The molecule has 3 N–H and O–H groups in total. The number of benzene rings is 2. The van der Waals surface area contributed by atoms with E-state index in [-0.39, 0.29) is 25.4 Å². The highest BCUT2D eigenvalue weighted by Crippen LogP contribution is 2.26. The number of aliphatic hydroxyl groups excluding tert-OH is 1. The van der Waals surface area contributed by atoms with Crippen LogP contribution in [0.15, 0.2) is 47.5 Å². The SMILES string of the molecule is CCNC(=NCc1cc(OC)ccc1OC(F)F)NCC(O)COc1cccc(C)c1. The third kappa shape index (κ3) is 8.67. The van der Waals surface area contributed by atoms with Crippen LogP contribution >= 0.6 is 0 Å². The number of aliphatic hydroxyl groups is 1. The molecule has 0 bridgehead atoms. The quantitative estimate of drug-likeness (QED) is 0.370. The molecule has 0 saturated heterocycles. The van der Waals surface area contributed by atoms with Crippen LogP contribution in [-0.2, 0) is 6.54 Å². The Labute approximate surface area is 181 Å². The highest BCUT2D eigenvalue weighted by molar-refractivity contribution is 5.79. The number of aliphatic imine (C=N–C) groups is 1.